The predicted octanol–water partition coefficient (Wildman–Crippen LogP) is -1.75. The highest BCUT2D eigenvalue weighted by Gasteiger charge is 2.13. The maximum absolute atomic E-state index is 10.3. The monoisotopic (exact) mass is 364 g/mol. The van der Waals surface area contributed by atoms with Crippen molar-refractivity contribution < 1.29 is 29.4 Å². The van der Waals surface area contributed by atoms with Gasteiger partial charge in [0.05, 0.1) is 0 Å². The van der Waals surface area contributed by atoms with Crippen molar-refractivity contribution in [3.63, 3.8) is 0 Å². The van der Waals surface area contributed by atoms with Crippen LogP contribution in [0.1, 0.15) is 6.42 Å². The summed E-state index contributed by atoms with van der Waals surface area (Å²) in [6.45, 7) is 6.17. The Balaban J connectivity index is -0.000000361. The van der Waals surface area contributed by atoms with Crippen LogP contribution in [0.15, 0.2) is 25.3 Å². The minimum absolute atomic E-state index is 0.266. The molecule has 0 spiro atoms. The van der Waals surface area contributed by atoms with Gasteiger partial charge >= 0.3 is 11.9 Å². The molecular weight excluding hydrogens is 340 g/mol. The number of thioether (sulfide) groups is 1. The first-order valence-corrected chi connectivity index (χ1v) is 7.53. The van der Waals surface area contributed by atoms with Crippen molar-refractivity contribution in [2.24, 2.45) is 22.9 Å². The second-order valence-electron chi connectivity index (χ2n) is 3.97. The van der Waals surface area contributed by atoms with Crippen molar-refractivity contribution in [3.8, 4) is 0 Å². The topological polar surface area (TPSA) is 213 Å². The molecule has 0 bridgehead atoms. The lowest BCUT2D eigenvalue weighted by Crippen LogP contribution is -2.33. The zero-order valence-electron chi connectivity index (χ0n) is 13.1. The molecule has 11 heteroatoms. The third-order valence-electron chi connectivity index (χ3n) is 1.91. The van der Waals surface area contributed by atoms with E-state index in [2.05, 4.69) is 24.6 Å². The molecule has 0 radical (unpaired) electrons. The number of aliphatic carboxylic acids is 2. The van der Waals surface area contributed by atoms with E-state index in [1.54, 1.807) is 0 Å². The van der Waals surface area contributed by atoms with E-state index in [1.807, 2.05) is 0 Å². The molecule has 10 nitrogen and oxygen atoms in total. The van der Waals surface area contributed by atoms with E-state index in [0.717, 1.165) is 12.2 Å². The van der Waals surface area contributed by atoms with Gasteiger partial charge in [-0.15, -0.1) is 0 Å². The van der Waals surface area contributed by atoms with Gasteiger partial charge in [0.1, 0.15) is 12.1 Å². The van der Waals surface area contributed by atoms with Gasteiger partial charge in [0.15, 0.2) is 0 Å². The van der Waals surface area contributed by atoms with E-state index in [1.165, 1.54) is 11.8 Å². The summed E-state index contributed by atoms with van der Waals surface area (Å²) in [5.74, 6) is -2.31. The fraction of sp³-hybridized carbons (Fsp3) is 0.385. The molecule has 0 fully saturated rings. The SMILES string of the molecule is C=CC(N)=O.C=CC(N)=O.N[C@@H](CCSC[C@H](N)C(=O)O)C(=O)O. The Morgan fingerprint density at radius 2 is 1.25 bits per heavy atom. The van der Waals surface area contributed by atoms with Gasteiger partial charge in [-0.05, 0) is 24.3 Å². The second-order valence-corrected chi connectivity index (χ2v) is 5.12. The highest BCUT2D eigenvalue weighted by atomic mass is 32.2. The van der Waals surface area contributed by atoms with Crippen molar-refractivity contribution >= 4 is 35.5 Å². The molecule has 10 N–H and O–H groups in total. The summed E-state index contributed by atoms with van der Waals surface area (Å²) in [4.78, 5) is 39.5. The molecule has 2 amide bonds. The predicted molar refractivity (Wildman–Crippen MR) is 91.9 cm³/mol. The average Bonchev–Trinajstić information content (AvgIpc) is 2.51. The zero-order valence-corrected chi connectivity index (χ0v) is 13.9. The molecule has 0 aliphatic heterocycles. The second kappa shape index (κ2) is 17.0. The van der Waals surface area contributed by atoms with Crippen LogP contribution in [0.2, 0.25) is 0 Å². The molecule has 0 saturated carbocycles. The minimum Gasteiger partial charge on any atom is -0.480 e. The van der Waals surface area contributed by atoms with Crippen LogP contribution >= 0.6 is 11.8 Å². The smallest absolute Gasteiger partial charge is 0.321 e. The van der Waals surface area contributed by atoms with Crippen LogP contribution in [0.3, 0.4) is 0 Å². The number of hydrogen-bond acceptors (Lipinski definition) is 7. The molecule has 24 heavy (non-hydrogen) atoms. The summed E-state index contributed by atoms with van der Waals surface area (Å²) >= 11 is 1.29. The fourth-order valence-corrected chi connectivity index (χ4v) is 1.60. The first kappa shape index (κ1) is 26.5. The first-order valence-electron chi connectivity index (χ1n) is 6.37. The van der Waals surface area contributed by atoms with E-state index in [9.17, 15) is 19.2 Å². The van der Waals surface area contributed by atoms with Crippen LogP contribution in [0.4, 0.5) is 0 Å². The number of primary amides is 2. The lowest BCUT2D eigenvalue weighted by Gasteiger charge is -2.07. The van der Waals surface area contributed by atoms with E-state index < -0.39 is 35.8 Å². The summed E-state index contributed by atoms with van der Waals surface area (Å²) in [7, 11) is 0. The number of carboxylic acid groups (broad SMARTS) is 2. The van der Waals surface area contributed by atoms with Gasteiger partial charge in [0.25, 0.3) is 0 Å². The Morgan fingerprint density at radius 1 is 0.917 bits per heavy atom. The number of carboxylic acids is 2. The van der Waals surface area contributed by atoms with Gasteiger partial charge in [-0.2, -0.15) is 11.8 Å². The van der Waals surface area contributed by atoms with Crippen LogP contribution in [-0.4, -0.2) is 57.6 Å². The number of rotatable bonds is 9. The first-order chi connectivity index (χ1) is 11.0. The van der Waals surface area contributed by atoms with Gasteiger partial charge in [0.2, 0.25) is 11.8 Å². The molecule has 0 aliphatic carbocycles. The molecule has 0 heterocycles. The van der Waals surface area contributed by atoms with Crippen LogP contribution in [0.25, 0.3) is 0 Å². The summed E-state index contributed by atoms with van der Waals surface area (Å²) in [6.07, 6.45) is 2.42. The van der Waals surface area contributed by atoms with Crippen molar-refractivity contribution in [1.82, 2.24) is 0 Å². The largest absolute Gasteiger partial charge is 0.480 e. The van der Waals surface area contributed by atoms with Gasteiger partial charge < -0.3 is 33.1 Å². The third kappa shape index (κ3) is 24.6. The minimum atomic E-state index is -1.06. The Kier molecular flexibility index (Phi) is 18.8. The normalized spacial score (nSPS) is 11.2. The Bertz CT molecular complexity index is 404. The maximum Gasteiger partial charge on any atom is 0.321 e. The number of carbonyl (C=O) groups excluding carboxylic acids is 2. The molecule has 2 atom stereocenters. The summed E-state index contributed by atoms with van der Waals surface area (Å²) in [6, 6.07) is -1.79. The van der Waals surface area contributed by atoms with E-state index in [4.69, 9.17) is 21.7 Å². The quantitative estimate of drug-likeness (QED) is 0.202. The van der Waals surface area contributed by atoms with Gasteiger partial charge in [-0.3, -0.25) is 19.2 Å². The highest BCUT2D eigenvalue weighted by Crippen LogP contribution is 2.05. The van der Waals surface area contributed by atoms with Crippen LogP contribution < -0.4 is 22.9 Å². The molecule has 0 aromatic carbocycles. The van der Waals surface area contributed by atoms with Gasteiger partial charge in [-0.25, -0.2) is 0 Å². The average molecular weight is 364 g/mol. The summed E-state index contributed by atoms with van der Waals surface area (Å²) < 4.78 is 0. The summed E-state index contributed by atoms with van der Waals surface area (Å²) in [5.41, 5.74) is 19.5. The van der Waals surface area contributed by atoms with E-state index in [0.29, 0.717) is 12.2 Å². The molecule has 0 saturated heterocycles. The van der Waals surface area contributed by atoms with E-state index in [-0.39, 0.29) is 5.75 Å². The van der Waals surface area contributed by atoms with Crippen molar-refractivity contribution in [3.05, 3.63) is 25.3 Å². The molecule has 138 valence electrons. The van der Waals surface area contributed by atoms with Gasteiger partial charge in [0, 0.05) is 5.75 Å². The number of hydrogen-bond donors (Lipinski definition) is 6. The number of carbonyl (C=O) groups is 4. The fourth-order valence-electron chi connectivity index (χ4n) is 0.615. The molecule has 0 aliphatic rings. The Morgan fingerprint density at radius 3 is 1.50 bits per heavy atom. The highest BCUT2D eigenvalue weighted by molar-refractivity contribution is 7.99. The van der Waals surface area contributed by atoms with Crippen molar-refractivity contribution in [1.29, 1.82) is 0 Å². The lowest BCUT2D eigenvalue weighted by atomic mass is 10.2. The van der Waals surface area contributed by atoms with Crippen LogP contribution in [0, 0.1) is 0 Å². The molecule has 0 unspecified atom stereocenters. The number of amides is 2. The molecule has 0 aromatic heterocycles. The zero-order chi connectivity index (χ0) is 19.7. The standard InChI is InChI=1S/C7H14N2O4S.2C3H5NO/c8-4(6(10)11)1-2-14-3-5(9)7(12)13;2*1-2-3(4)5/h4-5H,1-3,8-9H2,(H,10,11)(H,12,13);2*2H,1H2,(H2,4,5)/t4-,5-;;/m0../s1. The molecule has 0 aromatic rings. The van der Waals surface area contributed by atoms with Crippen molar-refractivity contribution in [2.75, 3.05) is 11.5 Å². The summed E-state index contributed by atoms with van der Waals surface area (Å²) in [5, 5.41) is 16.8. The van der Waals surface area contributed by atoms with Crippen molar-refractivity contribution in [2.45, 2.75) is 18.5 Å². The maximum atomic E-state index is 10.3. The molecule has 0 rings (SSSR count). The third-order valence-corrected chi connectivity index (χ3v) is 3.03. The lowest BCUT2D eigenvalue weighted by molar-refractivity contribution is -0.139. The van der Waals surface area contributed by atoms with Crippen LogP contribution in [0.5, 0.6) is 0 Å². The van der Waals surface area contributed by atoms with Crippen LogP contribution in [-0.2, 0) is 19.2 Å². The number of nitrogens with two attached hydrogens (primary N) is 4. The van der Waals surface area contributed by atoms with E-state index >= 15 is 0 Å². The Labute approximate surface area is 143 Å². The molecular formula is C13H24N4O6S. The Hall–Kier alpha value is -2.37. The van der Waals surface area contributed by atoms with Gasteiger partial charge in [-0.1, -0.05) is 13.2 Å².